The van der Waals surface area contributed by atoms with Gasteiger partial charge in [0.05, 0.1) is 11.4 Å². The van der Waals surface area contributed by atoms with Crippen LogP contribution < -0.4 is 9.80 Å². The molecule has 2 aliphatic heterocycles. The van der Waals surface area contributed by atoms with Crippen LogP contribution in [0.3, 0.4) is 0 Å². The van der Waals surface area contributed by atoms with Gasteiger partial charge in [0.15, 0.2) is 0 Å². The molecule has 0 atom stereocenters. The van der Waals surface area contributed by atoms with Crippen molar-refractivity contribution in [3.8, 4) is 11.1 Å². The normalized spacial score (nSPS) is 15.2. The number of nitrogens with zero attached hydrogens (tertiary/aromatic N) is 2. The molecule has 1 aromatic heterocycles. The van der Waals surface area contributed by atoms with Crippen molar-refractivity contribution in [2.45, 2.75) is 32.1 Å². The van der Waals surface area contributed by atoms with Gasteiger partial charge in [-0.25, -0.2) is 0 Å². The summed E-state index contributed by atoms with van der Waals surface area (Å²) < 4.78 is 2.62. The van der Waals surface area contributed by atoms with Crippen molar-refractivity contribution >= 4 is 84.3 Å². The third-order valence-corrected chi connectivity index (χ3v) is 13.3. The molecule has 3 heterocycles. The highest BCUT2D eigenvalue weighted by molar-refractivity contribution is 7.25. The number of thiophene rings is 1. The molecule has 0 radical (unpaired) electrons. The maximum absolute atomic E-state index is 2.52. The predicted molar refractivity (Wildman–Crippen MR) is 238 cm³/mol. The van der Waals surface area contributed by atoms with Crippen LogP contribution in [0.25, 0.3) is 55.6 Å². The molecule has 2 nitrogen and oxygen atoms in total. The Kier molecular flexibility index (Phi) is 7.30. The van der Waals surface area contributed by atoms with Crippen molar-refractivity contribution in [2.75, 3.05) is 16.3 Å². The quantitative estimate of drug-likeness (QED) is 0.167. The molecule has 8 aromatic rings. The minimum absolute atomic E-state index is 0.0868. The molecule has 7 aromatic carbocycles. The number of para-hydroxylation sites is 3. The summed E-state index contributed by atoms with van der Waals surface area (Å²) in [5.74, 6) is 0. The fourth-order valence-electron chi connectivity index (χ4n) is 9.29. The van der Waals surface area contributed by atoms with Crippen LogP contribution in [0.1, 0.15) is 59.2 Å². The largest absolute Gasteiger partial charge is 0.341 e. The van der Waals surface area contributed by atoms with Crippen LogP contribution in [-0.2, 0) is 11.8 Å². The molecule has 0 unspecified atom stereocenters. The lowest BCUT2D eigenvalue weighted by Crippen LogP contribution is -2.25. The lowest BCUT2D eigenvalue weighted by atomic mass is 9.81. The van der Waals surface area contributed by atoms with Crippen molar-refractivity contribution in [3.05, 3.63) is 185 Å². The Morgan fingerprint density at radius 3 is 1.89 bits per heavy atom. The van der Waals surface area contributed by atoms with Crippen molar-refractivity contribution in [1.82, 2.24) is 0 Å². The van der Waals surface area contributed by atoms with Crippen LogP contribution in [0.2, 0.25) is 0 Å². The molecule has 0 spiro atoms. The van der Waals surface area contributed by atoms with Crippen molar-refractivity contribution in [3.63, 3.8) is 0 Å². The molecule has 0 bridgehead atoms. The molecule has 264 valence electrons. The summed E-state index contributed by atoms with van der Waals surface area (Å²) in [6.07, 6.45) is 11.4. The van der Waals surface area contributed by atoms with Gasteiger partial charge in [-0.2, -0.15) is 0 Å². The smallest absolute Gasteiger partial charge is 0.0534 e. The van der Waals surface area contributed by atoms with E-state index in [1.54, 1.807) is 0 Å². The van der Waals surface area contributed by atoms with Crippen LogP contribution in [0.15, 0.2) is 146 Å². The Balaban J connectivity index is 0.921. The Labute approximate surface area is 326 Å². The molecule has 0 N–H and O–H groups in total. The van der Waals surface area contributed by atoms with Gasteiger partial charge in [-0.3, -0.25) is 0 Å². The Bertz CT molecular complexity index is 2860. The zero-order chi connectivity index (χ0) is 36.7. The van der Waals surface area contributed by atoms with E-state index in [0.29, 0.717) is 0 Å². The van der Waals surface area contributed by atoms with E-state index in [2.05, 4.69) is 194 Å². The predicted octanol–water partition coefficient (Wildman–Crippen LogP) is 14.6. The molecule has 1 aliphatic carbocycles. The van der Waals surface area contributed by atoms with Crippen molar-refractivity contribution < 1.29 is 0 Å². The van der Waals surface area contributed by atoms with Crippen LogP contribution in [0.5, 0.6) is 0 Å². The average Bonchev–Trinajstić information content (AvgIpc) is 3.62. The van der Waals surface area contributed by atoms with E-state index < -0.39 is 0 Å². The van der Waals surface area contributed by atoms with Crippen molar-refractivity contribution in [2.24, 2.45) is 0 Å². The maximum Gasteiger partial charge on any atom is 0.0534 e. The summed E-state index contributed by atoms with van der Waals surface area (Å²) >= 11 is 1.87. The number of hydrogen-bond donors (Lipinski definition) is 0. The van der Waals surface area contributed by atoms with E-state index >= 15 is 0 Å². The number of hydrogen-bond acceptors (Lipinski definition) is 3. The minimum atomic E-state index is -0.0868. The van der Waals surface area contributed by atoms with Gasteiger partial charge in [0.2, 0.25) is 0 Å². The number of rotatable bonds is 4. The van der Waals surface area contributed by atoms with E-state index in [1.165, 1.54) is 105 Å². The molecule has 3 aliphatic rings. The fraction of sp³-hybridized carbons (Fsp3) is 0.115. The number of anilines is 5. The first kappa shape index (κ1) is 32.3. The van der Waals surface area contributed by atoms with E-state index in [-0.39, 0.29) is 5.41 Å². The second kappa shape index (κ2) is 12.4. The minimum Gasteiger partial charge on any atom is -0.341 e. The zero-order valence-corrected chi connectivity index (χ0v) is 31.9. The highest BCUT2D eigenvalue weighted by Crippen LogP contribution is 2.51. The van der Waals surface area contributed by atoms with E-state index in [1.807, 2.05) is 11.3 Å². The van der Waals surface area contributed by atoms with Crippen LogP contribution >= 0.6 is 11.3 Å². The van der Waals surface area contributed by atoms with Crippen LogP contribution in [0.4, 0.5) is 28.4 Å². The lowest BCUT2D eigenvalue weighted by molar-refractivity contribution is 0.659. The molecule has 11 rings (SSSR count). The molecule has 0 saturated heterocycles. The molecular formula is C52H40N2S. The number of fused-ring (bicyclic) bond motifs is 9. The zero-order valence-electron chi connectivity index (χ0n) is 31.1. The topological polar surface area (TPSA) is 6.48 Å². The monoisotopic (exact) mass is 724 g/mol. The summed E-state index contributed by atoms with van der Waals surface area (Å²) in [7, 11) is 0. The van der Waals surface area contributed by atoms with Gasteiger partial charge in [0.1, 0.15) is 0 Å². The van der Waals surface area contributed by atoms with Gasteiger partial charge >= 0.3 is 0 Å². The first-order valence-electron chi connectivity index (χ1n) is 19.5. The second-order valence-corrected chi connectivity index (χ2v) is 16.8. The van der Waals surface area contributed by atoms with Gasteiger partial charge < -0.3 is 9.80 Å². The van der Waals surface area contributed by atoms with E-state index in [9.17, 15) is 0 Å². The molecule has 0 fully saturated rings. The third-order valence-electron chi connectivity index (χ3n) is 12.1. The van der Waals surface area contributed by atoms with Gasteiger partial charge in [-0.1, -0.05) is 123 Å². The fourth-order valence-corrected chi connectivity index (χ4v) is 10.4. The van der Waals surface area contributed by atoms with E-state index in [0.717, 1.165) is 13.0 Å². The highest BCUT2D eigenvalue weighted by Gasteiger charge is 2.36. The molecule has 0 saturated carbocycles. The Hall–Kier alpha value is -6.16. The number of benzene rings is 7. The van der Waals surface area contributed by atoms with Gasteiger partial charge in [0, 0.05) is 49.2 Å². The van der Waals surface area contributed by atoms with Gasteiger partial charge in [-0.05, 0) is 124 Å². The second-order valence-electron chi connectivity index (χ2n) is 15.7. The summed E-state index contributed by atoms with van der Waals surface area (Å²) in [6.45, 7) is 5.84. The standard InChI is InChI=1S/C52H40N2S/c1-52(2)45-31-35(19-25-41(45)42-26-23-39(33-46(42)52)53-29-9-13-36-10-3-6-14-47(36)53)18-17-34-20-27-50-43(30-34)44-32-40(24-28-51(44)55-50)54-48-15-7-4-11-37(48)21-22-38-12-5-8-16-49(38)54/h3-8,10-12,14-28,30-33H,9,13,29H2,1-2H3. The third kappa shape index (κ3) is 5.21. The van der Waals surface area contributed by atoms with Gasteiger partial charge in [-0.15, -0.1) is 11.3 Å². The first-order chi connectivity index (χ1) is 27.0. The first-order valence-corrected chi connectivity index (χ1v) is 20.3. The SMILES string of the molecule is CC1(C)c2cc(C=Cc3ccc4sc5ccc(N6c7ccccc7C=Cc7ccccc76)cc5c4c3)ccc2-c2ccc(N3CCCc4ccccc43)cc21. The van der Waals surface area contributed by atoms with Crippen LogP contribution in [0, 0.1) is 0 Å². The lowest BCUT2D eigenvalue weighted by Gasteiger charge is -2.32. The van der Waals surface area contributed by atoms with E-state index in [4.69, 9.17) is 0 Å². The molecular weight excluding hydrogens is 685 g/mol. The molecule has 3 heteroatoms. The van der Waals surface area contributed by atoms with Crippen molar-refractivity contribution in [1.29, 1.82) is 0 Å². The average molecular weight is 725 g/mol. The van der Waals surface area contributed by atoms with Crippen LogP contribution in [-0.4, -0.2) is 6.54 Å². The summed E-state index contributed by atoms with van der Waals surface area (Å²) in [5, 5.41) is 2.60. The summed E-state index contributed by atoms with van der Waals surface area (Å²) in [5.41, 5.74) is 18.0. The number of aryl methyl sites for hydroxylation is 1. The highest BCUT2D eigenvalue weighted by atomic mass is 32.1. The maximum atomic E-state index is 2.52. The summed E-state index contributed by atoms with van der Waals surface area (Å²) in [4.78, 5) is 4.93. The Morgan fingerprint density at radius 1 is 0.545 bits per heavy atom. The van der Waals surface area contributed by atoms with Gasteiger partial charge in [0.25, 0.3) is 0 Å². The molecule has 55 heavy (non-hydrogen) atoms. The molecule has 0 amide bonds. The summed E-state index contributed by atoms with van der Waals surface area (Å²) in [6, 6.07) is 54.3. The Morgan fingerprint density at radius 2 is 1.13 bits per heavy atom.